The van der Waals surface area contributed by atoms with Crippen LogP contribution in [0, 0.1) is 0 Å². The number of halogens is 1. The van der Waals surface area contributed by atoms with Crippen LogP contribution >= 0.6 is 15.9 Å². The Bertz CT molecular complexity index is 824. The molecule has 1 nitrogen and oxygen atoms in total. The molecule has 0 saturated heterocycles. The normalized spacial score (nSPS) is 15.6. The number of phenolic OH excluding ortho intramolecular Hbond substituents is 1. The van der Waals surface area contributed by atoms with Crippen molar-refractivity contribution >= 4 is 15.9 Å². The zero-order chi connectivity index (χ0) is 14.4. The van der Waals surface area contributed by atoms with Crippen molar-refractivity contribution in [3.8, 4) is 16.9 Å². The van der Waals surface area contributed by atoms with E-state index in [1.165, 1.54) is 16.7 Å². The summed E-state index contributed by atoms with van der Waals surface area (Å²) in [6.45, 7) is 0. The lowest BCUT2D eigenvalue weighted by atomic mass is 9.89. The molecule has 0 aliphatic heterocycles. The Balaban J connectivity index is 2.06. The minimum absolute atomic E-state index is 0.0925. The van der Waals surface area contributed by atoms with Crippen molar-refractivity contribution in [2.45, 2.75) is 5.92 Å². The molecular weight excluding hydrogens is 324 g/mol. The summed E-state index contributed by atoms with van der Waals surface area (Å²) < 4.78 is 0.745. The number of hydrogen-bond acceptors (Lipinski definition) is 1. The fraction of sp³-hybridized carbons (Fsp3) is 0.0526. The van der Waals surface area contributed by atoms with Crippen molar-refractivity contribution in [3.05, 3.63) is 87.9 Å². The number of benzene rings is 3. The van der Waals surface area contributed by atoms with E-state index in [2.05, 4.69) is 58.4 Å². The van der Waals surface area contributed by atoms with Crippen molar-refractivity contribution in [2.24, 2.45) is 0 Å². The third-order valence-corrected chi connectivity index (χ3v) is 4.79. The Kier molecular flexibility index (Phi) is 2.86. The van der Waals surface area contributed by atoms with Gasteiger partial charge in [0, 0.05) is 11.5 Å². The SMILES string of the molecule is Oc1c(Br)ccc2c1C(c1ccccc1)c1ccccc1-2. The predicted octanol–water partition coefficient (Wildman–Crippen LogP) is 5.32. The van der Waals surface area contributed by atoms with E-state index < -0.39 is 0 Å². The van der Waals surface area contributed by atoms with Gasteiger partial charge in [-0.05, 0) is 44.3 Å². The summed E-state index contributed by atoms with van der Waals surface area (Å²) in [6, 6.07) is 22.8. The Morgan fingerprint density at radius 2 is 1.48 bits per heavy atom. The molecule has 0 bridgehead atoms. The lowest BCUT2D eigenvalue weighted by Gasteiger charge is -2.16. The fourth-order valence-electron chi connectivity index (χ4n) is 3.25. The molecule has 0 heterocycles. The van der Waals surface area contributed by atoms with E-state index in [0.29, 0.717) is 5.75 Å². The average molecular weight is 337 g/mol. The lowest BCUT2D eigenvalue weighted by Crippen LogP contribution is -1.99. The van der Waals surface area contributed by atoms with Gasteiger partial charge in [0.15, 0.2) is 0 Å². The second kappa shape index (κ2) is 4.74. The summed E-state index contributed by atoms with van der Waals surface area (Å²) >= 11 is 3.44. The van der Waals surface area contributed by atoms with Crippen LogP contribution in [-0.4, -0.2) is 5.11 Å². The largest absolute Gasteiger partial charge is 0.506 e. The minimum atomic E-state index is 0.0925. The number of phenols is 1. The third kappa shape index (κ3) is 1.83. The predicted molar refractivity (Wildman–Crippen MR) is 88.6 cm³/mol. The molecule has 1 aliphatic rings. The second-order valence-electron chi connectivity index (χ2n) is 5.29. The molecule has 0 fully saturated rings. The zero-order valence-corrected chi connectivity index (χ0v) is 12.8. The van der Waals surface area contributed by atoms with Crippen molar-refractivity contribution in [1.82, 2.24) is 0 Å². The quantitative estimate of drug-likeness (QED) is 0.499. The Morgan fingerprint density at radius 1 is 0.762 bits per heavy atom. The minimum Gasteiger partial charge on any atom is -0.506 e. The summed E-state index contributed by atoms with van der Waals surface area (Å²) in [5.74, 6) is 0.437. The van der Waals surface area contributed by atoms with Gasteiger partial charge < -0.3 is 5.11 Å². The van der Waals surface area contributed by atoms with Crippen molar-refractivity contribution in [3.63, 3.8) is 0 Å². The molecule has 2 heteroatoms. The first kappa shape index (κ1) is 12.7. The average Bonchev–Trinajstić information content (AvgIpc) is 2.87. The highest BCUT2D eigenvalue weighted by Gasteiger charge is 2.32. The van der Waals surface area contributed by atoms with Crippen LogP contribution in [0.4, 0.5) is 0 Å². The molecule has 3 aromatic rings. The smallest absolute Gasteiger partial charge is 0.134 e. The van der Waals surface area contributed by atoms with Crippen molar-refractivity contribution in [1.29, 1.82) is 0 Å². The lowest BCUT2D eigenvalue weighted by molar-refractivity contribution is 0.465. The molecule has 1 aliphatic carbocycles. The molecule has 1 N–H and O–H groups in total. The molecule has 1 unspecified atom stereocenters. The molecule has 102 valence electrons. The summed E-state index contributed by atoms with van der Waals surface area (Å²) in [5.41, 5.74) is 5.80. The van der Waals surface area contributed by atoms with Crippen LogP contribution in [0.1, 0.15) is 22.6 Å². The van der Waals surface area contributed by atoms with Gasteiger partial charge in [-0.3, -0.25) is 0 Å². The second-order valence-corrected chi connectivity index (χ2v) is 6.14. The highest BCUT2D eigenvalue weighted by atomic mass is 79.9. The van der Waals surface area contributed by atoms with Crippen molar-refractivity contribution in [2.75, 3.05) is 0 Å². The van der Waals surface area contributed by atoms with Gasteiger partial charge in [0.25, 0.3) is 0 Å². The topological polar surface area (TPSA) is 20.2 Å². The van der Waals surface area contributed by atoms with Crippen LogP contribution in [0.2, 0.25) is 0 Å². The maximum atomic E-state index is 10.6. The van der Waals surface area contributed by atoms with Gasteiger partial charge >= 0.3 is 0 Å². The van der Waals surface area contributed by atoms with E-state index in [-0.39, 0.29) is 5.92 Å². The zero-order valence-electron chi connectivity index (χ0n) is 11.3. The van der Waals surface area contributed by atoms with Crippen LogP contribution in [0.25, 0.3) is 11.1 Å². The van der Waals surface area contributed by atoms with Gasteiger partial charge in [-0.1, -0.05) is 60.7 Å². The summed E-state index contributed by atoms with van der Waals surface area (Å²) in [6.07, 6.45) is 0. The molecule has 1 atom stereocenters. The molecule has 0 aromatic heterocycles. The molecular formula is C19H13BrO. The van der Waals surface area contributed by atoms with E-state index in [1.54, 1.807) is 0 Å². The van der Waals surface area contributed by atoms with Crippen LogP contribution in [0.15, 0.2) is 71.2 Å². The summed E-state index contributed by atoms with van der Waals surface area (Å²) in [7, 11) is 0. The number of fused-ring (bicyclic) bond motifs is 3. The molecule has 0 amide bonds. The van der Waals surface area contributed by atoms with Gasteiger partial charge in [-0.2, -0.15) is 0 Å². The van der Waals surface area contributed by atoms with Crippen molar-refractivity contribution < 1.29 is 5.11 Å². The number of aromatic hydroxyl groups is 1. The Hall–Kier alpha value is -2.06. The molecule has 0 spiro atoms. The molecule has 0 radical (unpaired) electrons. The Labute approximate surface area is 132 Å². The van der Waals surface area contributed by atoms with Crippen LogP contribution in [0.3, 0.4) is 0 Å². The van der Waals surface area contributed by atoms with Gasteiger partial charge in [-0.25, -0.2) is 0 Å². The summed E-state index contributed by atoms with van der Waals surface area (Å²) in [4.78, 5) is 0. The maximum absolute atomic E-state index is 10.6. The molecule has 3 aromatic carbocycles. The van der Waals surface area contributed by atoms with E-state index >= 15 is 0 Å². The fourth-order valence-corrected chi connectivity index (χ4v) is 3.60. The first-order valence-electron chi connectivity index (χ1n) is 6.93. The number of rotatable bonds is 1. The molecule has 21 heavy (non-hydrogen) atoms. The first-order chi connectivity index (χ1) is 10.3. The Morgan fingerprint density at radius 3 is 2.29 bits per heavy atom. The number of hydrogen-bond donors (Lipinski definition) is 1. The van der Waals surface area contributed by atoms with Gasteiger partial charge in [0.05, 0.1) is 4.47 Å². The highest BCUT2D eigenvalue weighted by molar-refractivity contribution is 9.10. The van der Waals surface area contributed by atoms with E-state index in [4.69, 9.17) is 0 Å². The first-order valence-corrected chi connectivity index (χ1v) is 7.72. The summed E-state index contributed by atoms with van der Waals surface area (Å²) in [5, 5.41) is 10.6. The maximum Gasteiger partial charge on any atom is 0.134 e. The van der Waals surface area contributed by atoms with Gasteiger partial charge in [0.1, 0.15) is 5.75 Å². The van der Waals surface area contributed by atoms with Crippen LogP contribution in [0.5, 0.6) is 5.75 Å². The molecule has 4 rings (SSSR count). The van der Waals surface area contributed by atoms with E-state index in [0.717, 1.165) is 15.6 Å². The van der Waals surface area contributed by atoms with Gasteiger partial charge in [0.2, 0.25) is 0 Å². The monoisotopic (exact) mass is 336 g/mol. The van der Waals surface area contributed by atoms with E-state index in [1.807, 2.05) is 24.3 Å². The van der Waals surface area contributed by atoms with Crippen LogP contribution < -0.4 is 0 Å². The molecule has 0 saturated carbocycles. The third-order valence-electron chi connectivity index (χ3n) is 4.15. The van der Waals surface area contributed by atoms with E-state index in [9.17, 15) is 5.11 Å². The highest BCUT2D eigenvalue weighted by Crippen LogP contribution is 2.52. The van der Waals surface area contributed by atoms with Gasteiger partial charge in [-0.15, -0.1) is 0 Å². The van der Waals surface area contributed by atoms with Crippen LogP contribution in [-0.2, 0) is 0 Å². The standard InChI is InChI=1S/C19H13BrO/c20-16-11-10-15-13-8-4-5-9-14(13)17(18(15)19(16)21)12-6-2-1-3-7-12/h1-11,17,21H.